The Morgan fingerprint density at radius 1 is 1.41 bits per heavy atom. The summed E-state index contributed by atoms with van der Waals surface area (Å²) in [4.78, 5) is 2.55. The molecule has 0 aliphatic carbocycles. The molecule has 0 bridgehead atoms. The predicted octanol–water partition coefficient (Wildman–Crippen LogP) is 2.73. The normalized spacial score (nSPS) is 22.4. The second-order valence-corrected chi connectivity index (χ2v) is 5.50. The van der Waals surface area contributed by atoms with Crippen LogP contribution >= 0.6 is 11.5 Å². The van der Waals surface area contributed by atoms with E-state index in [4.69, 9.17) is 0 Å². The van der Waals surface area contributed by atoms with E-state index in [9.17, 15) is 0 Å². The van der Waals surface area contributed by atoms with Crippen LogP contribution in [0.2, 0.25) is 0 Å². The monoisotopic (exact) mass is 254 g/mol. The number of rotatable bonds is 4. The van der Waals surface area contributed by atoms with Crippen LogP contribution in [0.15, 0.2) is 0 Å². The average molecular weight is 254 g/mol. The molecular weight excluding hydrogens is 232 g/mol. The molecular formula is C12H22N4S. The van der Waals surface area contributed by atoms with E-state index in [-0.39, 0.29) is 0 Å². The Kier molecular flexibility index (Phi) is 4.74. The van der Waals surface area contributed by atoms with Gasteiger partial charge in [-0.3, -0.25) is 4.90 Å². The summed E-state index contributed by atoms with van der Waals surface area (Å²) in [6, 6.07) is 0.675. The van der Waals surface area contributed by atoms with Crippen LogP contribution in [0.25, 0.3) is 0 Å². The van der Waals surface area contributed by atoms with Crippen LogP contribution in [-0.4, -0.2) is 33.6 Å². The molecule has 17 heavy (non-hydrogen) atoms. The zero-order valence-corrected chi connectivity index (χ0v) is 11.6. The summed E-state index contributed by atoms with van der Waals surface area (Å²) in [7, 11) is 0. The molecule has 1 unspecified atom stereocenters. The van der Waals surface area contributed by atoms with Crippen molar-refractivity contribution in [3.05, 3.63) is 5.69 Å². The third-order valence-electron chi connectivity index (χ3n) is 3.44. The van der Waals surface area contributed by atoms with Gasteiger partial charge in [0.25, 0.3) is 0 Å². The number of nitrogens with zero attached hydrogens (tertiary/aromatic N) is 3. The first-order valence-electron chi connectivity index (χ1n) is 6.60. The molecule has 2 heterocycles. The Labute approximate surface area is 108 Å². The van der Waals surface area contributed by atoms with Crippen molar-refractivity contribution in [1.82, 2.24) is 14.5 Å². The van der Waals surface area contributed by atoms with Crippen molar-refractivity contribution >= 4 is 16.5 Å². The van der Waals surface area contributed by atoms with E-state index in [0.717, 1.165) is 23.8 Å². The number of nitrogens with one attached hydrogen (secondary N) is 1. The van der Waals surface area contributed by atoms with Crippen molar-refractivity contribution in [2.75, 3.05) is 18.4 Å². The molecule has 1 saturated heterocycles. The summed E-state index contributed by atoms with van der Waals surface area (Å²) in [5.41, 5.74) is 1.12. The molecule has 0 saturated carbocycles. The topological polar surface area (TPSA) is 41.1 Å². The van der Waals surface area contributed by atoms with Crippen molar-refractivity contribution in [3.63, 3.8) is 0 Å². The summed E-state index contributed by atoms with van der Waals surface area (Å²) < 4.78 is 4.06. The third kappa shape index (κ3) is 3.39. The van der Waals surface area contributed by atoms with Gasteiger partial charge in [0.2, 0.25) is 0 Å². The lowest BCUT2D eigenvalue weighted by Crippen LogP contribution is -2.32. The second-order valence-electron chi connectivity index (χ2n) is 4.75. The maximum absolute atomic E-state index is 4.26. The zero-order valence-electron chi connectivity index (χ0n) is 10.8. The Hall–Kier alpha value is -0.680. The van der Waals surface area contributed by atoms with E-state index in [0.29, 0.717) is 6.04 Å². The van der Waals surface area contributed by atoms with Crippen LogP contribution in [0.5, 0.6) is 0 Å². The average Bonchev–Trinajstić information content (AvgIpc) is 2.64. The van der Waals surface area contributed by atoms with E-state index in [1.165, 1.54) is 43.8 Å². The quantitative estimate of drug-likeness (QED) is 0.897. The number of anilines is 1. The first-order valence-corrected chi connectivity index (χ1v) is 7.37. The highest BCUT2D eigenvalue weighted by Gasteiger charge is 2.19. The maximum atomic E-state index is 4.26. The predicted molar refractivity (Wildman–Crippen MR) is 72.4 cm³/mol. The minimum absolute atomic E-state index is 0.675. The van der Waals surface area contributed by atoms with Crippen LogP contribution in [0.4, 0.5) is 5.00 Å². The van der Waals surface area contributed by atoms with Gasteiger partial charge < -0.3 is 5.32 Å². The molecule has 0 spiro atoms. The molecule has 1 N–H and O–H groups in total. The van der Waals surface area contributed by atoms with Gasteiger partial charge in [-0.25, -0.2) is 0 Å². The molecule has 4 nitrogen and oxygen atoms in total. The largest absolute Gasteiger partial charge is 0.374 e. The maximum Gasteiger partial charge on any atom is 0.134 e. The van der Waals surface area contributed by atoms with Crippen molar-refractivity contribution in [2.24, 2.45) is 0 Å². The lowest BCUT2D eigenvalue weighted by Gasteiger charge is -2.26. The van der Waals surface area contributed by atoms with Crippen LogP contribution in [0, 0.1) is 0 Å². The number of hydrogen-bond donors (Lipinski definition) is 1. The summed E-state index contributed by atoms with van der Waals surface area (Å²) >= 11 is 1.47. The Bertz CT molecular complexity index is 339. The molecule has 1 aliphatic heterocycles. The summed E-state index contributed by atoms with van der Waals surface area (Å²) in [5.74, 6) is 0. The highest BCUT2D eigenvalue weighted by Crippen LogP contribution is 2.23. The minimum atomic E-state index is 0.675. The molecule has 1 atom stereocenters. The van der Waals surface area contributed by atoms with Crippen molar-refractivity contribution in [3.8, 4) is 0 Å². The molecule has 0 radical (unpaired) electrons. The molecule has 1 aromatic heterocycles. The van der Waals surface area contributed by atoms with E-state index >= 15 is 0 Å². The highest BCUT2D eigenvalue weighted by molar-refractivity contribution is 7.10. The molecule has 1 fully saturated rings. The summed E-state index contributed by atoms with van der Waals surface area (Å²) in [5, 5.41) is 8.74. The molecule has 0 aromatic carbocycles. The van der Waals surface area contributed by atoms with E-state index in [1.54, 1.807) is 0 Å². The van der Waals surface area contributed by atoms with Gasteiger partial charge in [-0.2, -0.15) is 0 Å². The molecule has 2 rings (SSSR count). The van der Waals surface area contributed by atoms with Gasteiger partial charge in [0, 0.05) is 30.7 Å². The lowest BCUT2D eigenvalue weighted by atomic mass is 10.1. The smallest absolute Gasteiger partial charge is 0.134 e. The van der Waals surface area contributed by atoms with E-state index in [1.807, 2.05) is 0 Å². The number of likely N-dealkylation sites (tertiary alicyclic amines) is 1. The van der Waals surface area contributed by atoms with Gasteiger partial charge in [-0.15, -0.1) is 5.10 Å². The molecule has 1 aliphatic rings. The standard InChI is InChI=1S/C12H22N4S/c1-3-13-12-11(14-15-17-12)9-16-8-6-4-5-7-10(16)2/h10,13H,3-9H2,1-2H3. The van der Waals surface area contributed by atoms with E-state index in [2.05, 4.69) is 33.7 Å². The van der Waals surface area contributed by atoms with Gasteiger partial charge in [0.05, 0.1) is 0 Å². The molecule has 96 valence electrons. The van der Waals surface area contributed by atoms with Gasteiger partial charge in [0.15, 0.2) is 0 Å². The van der Waals surface area contributed by atoms with Crippen LogP contribution < -0.4 is 5.32 Å². The fourth-order valence-corrected chi connectivity index (χ4v) is 3.01. The Morgan fingerprint density at radius 3 is 3.12 bits per heavy atom. The fourth-order valence-electron chi connectivity index (χ4n) is 2.37. The zero-order chi connectivity index (χ0) is 12.1. The SMILES string of the molecule is CCNc1snnc1CN1CCCCCC1C. The number of aromatic nitrogens is 2. The van der Waals surface area contributed by atoms with Crippen LogP contribution in [0.3, 0.4) is 0 Å². The third-order valence-corrected chi connectivity index (χ3v) is 4.16. The molecule has 5 heteroatoms. The van der Waals surface area contributed by atoms with Crippen molar-refractivity contribution in [1.29, 1.82) is 0 Å². The van der Waals surface area contributed by atoms with Crippen LogP contribution in [0.1, 0.15) is 45.2 Å². The van der Waals surface area contributed by atoms with E-state index < -0.39 is 0 Å². The van der Waals surface area contributed by atoms with Crippen molar-refractivity contribution in [2.45, 2.75) is 52.1 Å². The molecule has 0 amide bonds. The van der Waals surface area contributed by atoms with Crippen molar-refractivity contribution < 1.29 is 0 Å². The highest BCUT2D eigenvalue weighted by atomic mass is 32.1. The lowest BCUT2D eigenvalue weighted by molar-refractivity contribution is 0.203. The van der Waals surface area contributed by atoms with Gasteiger partial charge in [0.1, 0.15) is 10.7 Å². The number of hydrogen-bond acceptors (Lipinski definition) is 5. The second kappa shape index (κ2) is 6.31. The summed E-state index contributed by atoms with van der Waals surface area (Å²) in [6.07, 6.45) is 5.37. The first kappa shape index (κ1) is 12.8. The minimum Gasteiger partial charge on any atom is -0.374 e. The van der Waals surface area contributed by atoms with Gasteiger partial charge in [-0.05, 0) is 33.2 Å². The van der Waals surface area contributed by atoms with Gasteiger partial charge in [-0.1, -0.05) is 17.3 Å². The van der Waals surface area contributed by atoms with Gasteiger partial charge >= 0.3 is 0 Å². The Balaban J connectivity index is 2.00. The van der Waals surface area contributed by atoms with Crippen LogP contribution in [-0.2, 0) is 6.54 Å². The first-order chi connectivity index (χ1) is 8.31. The summed E-state index contributed by atoms with van der Waals surface area (Å²) in [6.45, 7) is 7.52. The Morgan fingerprint density at radius 2 is 2.29 bits per heavy atom. The fraction of sp³-hybridized carbons (Fsp3) is 0.833. The molecule has 1 aromatic rings.